The van der Waals surface area contributed by atoms with Crippen LogP contribution in [0.3, 0.4) is 0 Å². The van der Waals surface area contributed by atoms with Crippen LogP contribution in [0.5, 0.6) is 5.75 Å². The lowest BCUT2D eigenvalue weighted by molar-refractivity contribution is 0.140. The fraction of sp³-hybridized carbons (Fsp3) is 0.278. The monoisotopic (exact) mass is 299 g/mol. The van der Waals surface area contributed by atoms with E-state index in [4.69, 9.17) is 4.74 Å². The molecule has 0 heterocycles. The molecule has 116 valence electrons. The van der Waals surface area contributed by atoms with Crippen molar-refractivity contribution in [3.63, 3.8) is 0 Å². The van der Waals surface area contributed by atoms with E-state index in [1.54, 1.807) is 12.1 Å². The Kier molecular flexibility index (Phi) is 5.83. The smallest absolute Gasteiger partial charge is 0.407 e. The molecule has 2 N–H and O–H groups in total. The van der Waals surface area contributed by atoms with Crippen LogP contribution in [-0.4, -0.2) is 24.4 Å². The van der Waals surface area contributed by atoms with Crippen molar-refractivity contribution in [3.8, 4) is 5.75 Å². The normalized spacial score (nSPS) is 11.7. The number of ether oxygens (including phenoxy) is 1. The number of rotatable bonds is 6. The van der Waals surface area contributed by atoms with E-state index in [0.29, 0.717) is 19.6 Å². The molecule has 0 saturated carbocycles. The van der Waals surface area contributed by atoms with Gasteiger partial charge in [-0.25, -0.2) is 4.79 Å². The van der Waals surface area contributed by atoms with Gasteiger partial charge in [0.25, 0.3) is 0 Å². The summed E-state index contributed by atoms with van der Waals surface area (Å²) in [5, 5.41) is 11.9. The van der Waals surface area contributed by atoms with E-state index in [2.05, 4.69) is 5.32 Å². The first-order chi connectivity index (χ1) is 10.6. The molecule has 0 fully saturated rings. The maximum Gasteiger partial charge on any atom is 0.407 e. The molecule has 2 aromatic carbocycles. The van der Waals surface area contributed by atoms with Crippen molar-refractivity contribution < 1.29 is 14.6 Å². The zero-order chi connectivity index (χ0) is 15.8. The number of hydrogen-bond donors (Lipinski definition) is 2. The first kappa shape index (κ1) is 15.9. The minimum atomic E-state index is -0.401. The Labute approximate surface area is 130 Å². The molecule has 0 aliphatic heterocycles. The second kappa shape index (κ2) is 8.08. The summed E-state index contributed by atoms with van der Waals surface area (Å²) in [6.45, 7) is 2.89. The number of benzene rings is 2. The number of phenolic OH excluding ortho intramolecular Hbond substituents is 1. The lowest BCUT2D eigenvalue weighted by Crippen LogP contribution is -2.27. The summed E-state index contributed by atoms with van der Waals surface area (Å²) in [7, 11) is 0. The molecule has 1 atom stereocenters. The van der Waals surface area contributed by atoms with Crippen LogP contribution in [0.15, 0.2) is 54.6 Å². The van der Waals surface area contributed by atoms with E-state index in [0.717, 1.165) is 11.1 Å². The topological polar surface area (TPSA) is 58.6 Å². The number of carbonyl (C=O) groups excluding carboxylic acids is 1. The predicted molar refractivity (Wildman–Crippen MR) is 86.0 cm³/mol. The Morgan fingerprint density at radius 2 is 1.82 bits per heavy atom. The zero-order valence-corrected chi connectivity index (χ0v) is 12.7. The Balaban J connectivity index is 1.66. The number of nitrogens with one attached hydrogen (secondary N) is 1. The van der Waals surface area contributed by atoms with Crippen LogP contribution in [0, 0.1) is 0 Å². The number of carbonyl (C=O) groups is 1. The summed E-state index contributed by atoms with van der Waals surface area (Å²) < 4.78 is 5.23. The Morgan fingerprint density at radius 1 is 1.14 bits per heavy atom. The summed E-state index contributed by atoms with van der Waals surface area (Å²) in [6.07, 6.45) is 0.297. The standard InChI is InChI=1S/C18H21NO3/c1-14(16-5-3-2-4-6-16)13-22-18(21)19-12-11-15-7-9-17(20)10-8-15/h2-10,14,20H,11-13H2,1H3,(H,19,21). The first-order valence-corrected chi connectivity index (χ1v) is 7.38. The maximum absolute atomic E-state index is 11.6. The molecule has 0 aromatic heterocycles. The third-order valence-electron chi connectivity index (χ3n) is 3.45. The highest BCUT2D eigenvalue weighted by Gasteiger charge is 2.08. The molecule has 1 unspecified atom stereocenters. The van der Waals surface area contributed by atoms with Crippen molar-refractivity contribution in [2.75, 3.05) is 13.2 Å². The van der Waals surface area contributed by atoms with Gasteiger partial charge in [-0.15, -0.1) is 0 Å². The van der Waals surface area contributed by atoms with E-state index in [9.17, 15) is 9.90 Å². The maximum atomic E-state index is 11.6. The second-order valence-corrected chi connectivity index (χ2v) is 5.25. The van der Waals surface area contributed by atoms with Gasteiger partial charge in [-0.3, -0.25) is 0 Å². The van der Waals surface area contributed by atoms with Crippen LogP contribution in [-0.2, 0) is 11.2 Å². The van der Waals surface area contributed by atoms with Gasteiger partial charge in [-0.1, -0.05) is 49.4 Å². The van der Waals surface area contributed by atoms with Crippen LogP contribution < -0.4 is 5.32 Å². The zero-order valence-electron chi connectivity index (χ0n) is 12.7. The van der Waals surface area contributed by atoms with Gasteiger partial charge in [0.2, 0.25) is 0 Å². The highest BCUT2D eigenvalue weighted by Crippen LogP contribution is 2.14. The summed E-state index contributed by atoms with van der Waals surface area (Å²) in [4.78, 5) is 11.6. The second-order valence-electron chi connectivity index (χ2n) is 5.25. The number of hydrogen-bond acceptors (Lipinski definition) is 3. The Morgan fingerprint density at radius 3 is 2.50 bits per heavy atom. The minimum absolute atomic E-state index is 0.170. The van der Waals surface area contributed by atoms with Gasteiger partial charge < -0.3 is 15.2 Å². The third-order valence-corrected chi connectivity index (χ3v) is 3.45. The van der Waals surface area contributed by atoms with Crippen LogP contribution in [0.4, 0.5) is 4.79 Å². The largest absolute Gasteiger partial charge is 0.508 e. The van der Waals surface area contributed by atoms with E-state index < -0.39 is 6.09 Å². The average molecular weight is 299 g/mol. The lowest BCUT2D eigenvalue weighted by atomic mass is 10.0. The third kappa shape index (κ3) is 5.13. The Hall–Kier alpha value is -2.49. The fourth-order valence-electron chi connectivity index (χ4n) is 2.10. The van der Waals surface area contributed by atoms with Crippen molar-refractivity contribution >= 4 is 6.09 Å². The SMILES string of the molecule is CC(COC(=O)NCCc1ccc(O)cc1)c1ccccc1. The average Bonchev–Trinajstić information content (AvgIpc) is 2.55. The fourth-order valence-corrected chi connectivity index (χ4v) is 2.10. The molecule has 2 rings (SSSR count). The molecule has 0 spiro atoms. The van der Waals surface area contributed by atoms with Crippen LogP contribution >= 0.6 is 0 Å². The van der Waals surface area contributed by atoms with E-state index >= 15 is 0 Å². The number of aromatic hydroxyl groups is 1. The van der Waals surface area contributed by atoms with E-state index in [1.807, 2.05) is 49.4 Å². The van der Waals surface area contributed by atoms with Crippen molar-refractivity contribution in [2.24, 2.45) is 0 Å². The van der Waals surface area contributed by atoms with Crippen molar-refractivity contribution in [1.82, 2.24) is 5.32 Å². The van der Waals surface area contributed by atoms with Gasteiger partial charge in [0, 0.05) is 12.5 Å². The molecule has 1 amide bonds. The van der Waals surface area contributed by atoms with Crippen LogP contribution in [0.1, 0.15) is 24.0 Å². The molecule has 2 aromatic rings. The molecule has 0 aliphatic carbocycles. The first-order valence-electron chi connectivity index (χ1n) is 7.38. The summed E-state index contributed by atoms with van der Waals surface area (Å²) in [6, 6.07) is 16.9. The molecule has 22 heavy (non-hydrogen) atoms. The number of amides is 1. The molecule has 0 aliphatic rings. The Bertz CT molecular complexity index is 581. The minimum Gasteiger partial charge on any atom is -0.508 e. The predicted octanol–water partition coefficient (Wildman–Crippen LogP) is 3.46. The van der Waals surface area contributed by atoms with Crippen LogP contribution in [0.2, 0.25) is 0 Å². The van der Waals surface area contributed by atoms with Gasteiger partial charge in [0.1, 0.15) is 5.75 Å². The molecular formula is C18H21NO3. The van der Waals surface area contributed by atoms with Crippen molar-refractivity contribution in [3.05, 3.63) is 65.7 Å². The van der Waals surface area contributed by atoms with Gasteiger partial charge in [-0.2, -0.15) is 0 Å². The summed E-state index contributed by atoms with van der Waals surface area (Å²) in [5.74, 6) is 0.412. The molecular weight excluding hydrogens is 278 g/mol. The van der Waals surface area contributed by atoms with Gasteiger partial charge in [-0.05, 0) is 29.7 Å². The highest BCUT2D eigenvalue weighted by molar-refractivity contribution is 5.67. The quantitative estimate of drug-likeness (QED) is 0.858. The molecule has 0 radical (unpaired) electrons. The lowest BCUT2D eigenvalue weighted by Gasteiger charge is -2.13. The van der Waals surface area contributed by atoms with E-state index in [-0.39, 0.29) is 11.7 Å². The number of alkyl carbamates (subject to hydrolysis) is 1. The van der Waals surface area contributed by atoms with Crippen molar-refractivity contribution in [2.45, 2.75) is 19.3 Å². The van der Waals surface area contributed by atoms with Gasteiger partial charge in [0.15, 0.2) is 0 Å². The molecule has 4 heteroatoms. The summed E-state index contributed by atoms with van der Waals surface area (Å²) >= 11 is 0. The van der Waals surface area contributed by atoms with Crippen molar-refractivity contribution in [1.29, 1.82) is 0 Å². The van der Waals surface area contributed by atoms with Gasteiger partial charge >= 0.3 is 6.09 Å². The summed E-state index contributed by atoms with van der Waals surface area (Å²) in [5.41, 5.74) is 2.20. The number of phenols is 1. The molecule has 0 saturated heterocycles. The van der Waals surface area contributed by atoms with Gasteiger partial charge in [0.05, 0.1) is 6.61 Å². The van der Waals surface area contributed by atoms with E-state index in [1.165, 1.54) is 0 Å². The molecule has 4 nitrogen and oxygen atoms in total. The highest BCUT2D eigenvalue weighted by atomic mass is 16.5. The molecule has 0 bridgehead atoms. The van der Waals surface area contributed by atoms with Crippen LogP contribution in [0.25, 0.3) is 0 Å².